The summed E-state index contributed by atoms with van der Waals surface area (Å²) in [6.45, 7) is 11.3. The summed E-state index contributed by atoms with van der Waals surface area (Å²) in [5.41, 5.74) is 1.71. The second-order valence-electron chi connectivity index (χ2n) is 7.10. The number of nitrogens with one attached hydrogen (secondary N) is 1. The fourth-order valence-electron chi connectivity index (χ4n) is 2.28. The summed E-state index contributed by atoms with van der Waals surface area (Å²) in [7, 11) is 1.60. The molecule has 0 heterocycles. The highest BCUT2D eigenvalue weighted by Gasteiger charge is 2.20. The molecular weight excluding hydrogens is 306 g/mol. The van der Waals surface area contributed by atoms with E-state index in [0.29, 0.717) is 12.1 Å². The van der Waals surface area contributed by atoms with Gasteiger partial charge in [0, 0.05) is 18.5 Å². The van der Waals surface area contributed by atoms with E-state index < -0.39 is 11.7 Å². The molecule has 1 amide bonds. The lowest BCUT2D eigenvalue weighted by Crippen LogP contribution is -2.27. The first-order valence-corrected chi connectivity index (χ1v) is 8.29. The van der Waals surface area contributed by atoms with Gasteiger partial charge in [-0.05, 0) is 49.9 Å². The molecule has 1 rings (SSSR count). The van der Waals surface area contributed by atoms with Crippen molar-refractivity contribution < 1.29 is 19.1 Å². The highest BCUT2D eigenvalue weighted by Crippen LogP contribution is 2.33. The molecule has 5 heteroatoms. The van der Waals surface area contributed by atoms with Crippen molar-refractivity contribution in [3.8, 4) is 5.75 Å². The predicted octanol–water partition coefficient (Wildman–Crippen LogP) is 4.69. The van der Waals surface area contributed by atoms with E-state index in [1.165, 1.54) is 0 Å². The van der Waals surface area contributed by atoms with E-state index in [1.807, 2.05) is 53.7 Å². The van der Waals surface area contributed by atoms with Gasteiger partial charge in [-0.25, -0.2) is 4.79 Å². The van der Waals surface area contributed by atoms with Crippen LogP contribution in [0.1, 0.15) is 65.0 Å². The fraction of sp³-hybridized carbons (Fsp3) is 0.579. The number of anilines is 1. The van der Waals surface area contributed by atoms with Gasteiger partial charge in [0.1, 0.15) is 17.1 Å². The van der Waals surface area contributed by atoms with Crippen LogP contribution in [-0.4, -0.2) is 24.6 Å². The van der Waals surface area contributed by atoms with Gasteiger partial charge in [-0.1, -0.05) is 20.8 Å². The molecule has 0 fully saturated rings. The average molecular weight is 335 g/mol. The molecule has 0 aliphatic heterocycles. The minimum absolute atomic E-state index is 0.0987. The van der Waals surface area contributed by atoms with E-state index in [2.05, 4.69) is 5.32 Å². The maximum atomic E-state index is 12.1. The molecule has 1 N–H and O–H groups in total. The number of hydrogen-bond donors (Lipinski definition) is 1. The summed E-state index contributed by atoms with van der Waals surface area (Å²) in [5.74, 6) is 1.04. The number of hydrogen-bond acceptors (Lipinski definition) is 4. The lowest BCUT2D eigenvalue weighted by Gasteiger charge is -2.22. The molecule has 0 bridgehead atoms. The van der Waals surface area contributed by atoms with Crippen LogP contribution in [0.15, 0.2) is 12.1 Å². The number of amides is 1. The van der Waals surface area contributed by atoms with Crippen LogP contribution < -0.4 is 10.1 Å². The second kappa shape index (κ2) is 8.18. The first-order valence-electron chi connectivity index (χ1n) is 8.29. The Morgan fingerprint density at radius 2 is 1.83 bits per heavy atom. The maximum Gasteiger partial charge on any atom is 0.412 e. The second-order valence-corrected chi connectivity index (χ2v) is 7.10. The molecule has 0 aliphatic rings. The van der Waals surface area contributed by atoms with Crippen molar-refractivity contribution >= 4 is 17.6 Å². The number of ketones is 1. The van der Waals surface area contributed by atoms with Crippen LogP contribution in [0.3, 0.4) is 0 Å². The molecule has 0 saturated carbocycles. The Labute approximate surface area is 144 Å². The van der Waals surface area contributed by atoms with Gasteiger partial charge in [-0.2, -0.15) is 0 Å². The molecule has 5 nitrogen and oxygen atoms in total. The van der Waals surface area contributed by atoms with Gasteiger partial charge in [0.25, 0.3) is 0 Å². The van der Waals surface area contributed by atoms with Crippen molar-refractivity contribution in [2.45, 2.75) is 65.9 Å². The van der Waals surface area contributed by atoms with E-state index in [9.17, 15) is 9.59 Å². The average Bonchev–Trinajstić information content (AvgIpc) is 2.45. The summed E-state index contributed by atoms with van der Waals surface area (Å²) in [4.78, 5) is 24.0. The van der Waals surface area contributed by atoms with Gasteiger partial charge in [-0.15, -0.1) is 0 Å². The minimum atomic E-state index is -0.586. The largest absolute Gasteiger partial charge is 0.496 e. The smallest absolute Gasteiger partial charge is 0.412 e. The standard InChI is InChI=1S/C19H29NO4/c1-8-14(21)9-13-10-17(23-7)15(12(2)3)11-16(13)20-18(22)24-19(4,5)6/h10-12H,8-9H2,1-7H3,(H,20,22). The van der Waals surface area contributed by atoms with Crippen LogP contribution in [0.5, 0.6) is 5.75 Å². The number of Topliss-reactive ketones (excluding diaryl/α,β-unsaturated/α-hetero) is 1. The zero-order valence-corrected chi connectivity index (χ0v) is 15.8. The number of methoxy groups -OCH3 is 1. The topological polar surface area (TPSA) is 64.6 Å². The van der Waals surface area contributed by atoms with Crippen molar-refractivity contribution in [2.75, 3.05) is 12.4 Å². The molecule has 0 radical (unpaired) electrons. The first kappa shape index (κ1) is 20.0. The van der Waals surface area contributed by atoms with Crippen molar-refractivity contribution in [3.63, 3.8) is 0 Å². The monoisotopic (exact) mass is 335 g/mol. The Kier molecular flexibility index (Phi) is 6.81. The van der Waals surface area contributed by atoms with Crippen LogP contribution in [0.4, 0.5) is 10.5 Å². The number of carbonyl (C=O) groups excluding carboxylic acids is 2. The van der Waals surface area contributed by atoms with Crippen LogP contribution in [0.25, 0.3) is 0 Å². The van der Waals surface area contributed by atoms with Gasteiger partial charge in [0.2, 0.25) is 0 Å². The van der Waals surface area contributed by atoms with E-state index in [4.69, 9.17) is 9.47 Å². The van der Waals surface area contributed by atoms with E-state index in [-0.39, 0.29) is 18.1 Å². The van der Waals surface area contributed by atoms with E-state index in [1.54, 1.807) is 7.11 Å². The van der Waals surface area contributed by atoms with Crippen LogP contribution >= 0.6 is 0 Å². The van der Waals surface area contributed by atoms with Crippen molar-refractivity contribution in [1.29, 1.82) is 0 Å². The molecule has 1 aromatic rings. The van der Waals surface area contributed by atoms with Crippen molar-refractivity contribution in [1.82, 2.24) is 0 Å². The number of rotatable bonds is 6. The third-order valence-electron chi connectivity index (χ3n) is 3.50. The molecular formula is C19H29NO4. The molecule has 0 unspecified atom stereocenters. The van der Waals surface area contributed by atoms with Gasteiger partial charge in [0.05, 0.1) is 7.11 Å². The molecule has 134 valence electrons. The molecule has 0 spiro atoms. The summed E-state index contributed by atoms with van der Waals surface area (Å²) < 4.78 is 10.8. The van der Waals surface area contributed by atoms with Crippen LogP contribution in [-0.2, 0) is 16.0 Å². The van der Waals surface area contributed by atoms with E-state index in [0.717, 1.165) is 16.9 Å². The van der Waals surface area contributed by atoms with E-state index >= 15 is 0 Å². The quantitative estimate of drug-likeness (QED) is 0.819. The highest BCUT2D eigenvalue weighted by molar-refractivity contribution is 5.89. The Balaban J connectivity index is 3.24. The first-order chi connectivity index (χ1) is 11.1. The highest BCUT2D eigenvalue weighted by atomic mass is 16.6. The molecule has 0 atom stereocenters. The molecule has 0 saturated heterocycles. The van der Waals surface area contributed by atoms with Crippen LogP contribution in [0.2, 0.25) is 0 Å². The molecule has 1 aromatic carbocycles. The lowest BCUT2D eigenvalue weighted by molar-refractivity contribution is -0.118. The third-order valence-corrected chi connectivity index (χ3v) is 3.50. The summed E-state index contributed by atoms with van der Waals surface area (Å²) >= 11 is 0. The van der Waals surface area contributed by atoms with Crippen LogP contribution in [0, 0.1) is 0 Å². The lowest BCUT2D eigenvalue weighted by atomic mass is 9.96. The SMILES string of the molecule is CCC(=O)Cc1cc(OC)c(C(C)C)cc1NC(=O)OC(C)(C)C. The Morgan fingerprint density at radius 3 is 2.29 bits per heavy atom. The Hall–Kier alpha value is -2.04. The molecule has 24 heavy (non-hydrogen) atoms. The van der Waals surface area contributed by atoms with Crippen molar-refractivity contribution in [3.05, 3.63) is 23.3 Å². The predicted molar refractivity (Wildman–Crippen MR) is 95.9 cm³/mol. The van der Waals surface area contributed by atoms with Gasteiger partial charge in [0.15, 0.2) is 0 Å². The number of carbonyl (C=O) groups is 2. The summed E-state index contributed by atoms with van der Waals surface area (Å²) in [5, 5.41) is 2.77. The van der Waals surface area contributed by atoms with Crippen molar-refractivity contribution in [2.24, 2.45) is 0 Å². The zero-order chi connectivity index (χ0) is 18.5. The zero-order valence-electron chi connectivity index (χ0n) is 15.8. The molecule has 0 aliphatic carbocycles. The minimum Gasteiger partial charge on any atom is -0.496 e. The maximum absolute atomic E-state index is 12.1. The third kappa shape index (κ3) is 5.87. The Morgan fingerprint density at radius 1 is 1.21 bits per heavy atom. The molecule has 0 aromatic heterocycles. The Bertz CT molecular complexity index is 600. The van der Waals surface area contributed by atoms with Gasteiger partial charge < -0.3 is 9.47 Å². The summed E-state index contributed by atoms with van der Waals surface area (Å²) in [6, 6.07) is 3.70. The normalized spacial score (nSPS) is 11.3. The number of benzene rings is 1. The summed E-state index contributed by atoms with van der Waals surface area (Å²) in [6.07, 6.45) is 0.156. The van der Waals surface area contributed by atoms with Gasteiger partial charge in [-0.3, -0.25) is 10.1 Å². The fourth-order valence-corrected chi connectivity index (χ4v) is 2.28. The van der Waals surface area contributed by atoms with Gasteiger partial charge >= 0.3 is 6.09 Å². The number of ether oxygens (including phenoxy) is 2.